The third-order valence-corrected chi connectivity index (χ3v) is 5.59. The lowest BCUT2D eigenvalue weighted by Crippen LogP contribution is -2.50. The van der Waals surface area contributed by atoms with Crippen LogP contribution in [0.3, 0.4) is 0 Å². The number of aromatic nitrogens is 1. The number of carbonyl (C=O) groups excluding carboxylic acids is 1. The van der Waals surface area contributed by atoms with Gasteiger partial charge in [-0.2, -0.15) is 5.26 Å². The maximum absolute atomic E-state index is 13.0. The first kappa shape index (κ1) is 30.9. The molecular weight excluding hydrogens is 481 g/mol. The number of nitriles is 1. The molecule has 33 heavy (non-hydrogen) atoms. The van der Waals surface area contributed by atoms with E-state index in [1.165, 1.54) is 0 Å². The van der Waals surface area contributed by atoms with Gasteiger partial charge in [-0.05, 0) is 18.6 Å². The van der Waals surface area contributed by atoms with Crippen molar-refractivity contribution in [3.63, 3.8) is 0 Å². The number of benzene rings is 1. The van der Waals surface area contributed by atoms with E-state index in [4.69, 9.17) is 0 Å². The van der Waals surface area contributed by atoms with Crippen LogP contribution in [-0.2, 0) is 4.79 Å². The van der Waals surface area contributed by atoms with E-state index >= 15 is 0 Å². The molecule has 1 saturated heterocycles. The van der Waals surface area contributed by atoms with Gasteiger partial charge in [0.05, 0.1) is 6.07 Å². The molecule has 0 radical (unpaired) electrons. The summed E-state index contributed by atoms with van der Waals surface area (Å²) in [5, 5.41) is 13.1. The molecule has 3 rings (SSSR count). The highest BCUT2D eigenvalue weighted by atomic mass is 35.5. The molecule has 1 aliphatic rings. The maximum atomic E-state index is 13.0. The van der Waals surface area contributed by atoms with Crippen LogP contribution in [0.2, 0.25) is 0 Å². The number of rotatable bonds is 8. The summed E-state index contributed by atoms with van der Waals surface area (Å²) in [5.74, 6) is 0.131. The number of piperazine rings is 1. The minimum atomic E-state index is -0.331. The summed E-state index contributed by atoms with van der Waals surface area (Å²) in [4.78, 5) is 21.3. The standard InChI is InChI=1S/C24H29N5O.3ClH/c1-3-11-27-22(20-8-5-4-6-9-20)17-24(30)29-15-13-28(14-16-29)23(18-25)21-10-7-12-26-19(21)2;;;/h3-10,12,22-23,27H,1,11,13-17H2,2H3;3*1H. The fourth-order valence-electron chi connectivity index (χ4n) is 3.89. The van der Waals surface area contributed by atoms with Gasteiger partial charge < -0.3 is 10.2 Å². The Morgan fingerprint density at radius 3 is 2.39 bits per heavy atom. The summed E-state index contributed by atoms with van der Waals surface area (Å²) in [6.07, 6.45) is 3.95. The molecule has 1 amide bonds. The third kappa shape index (κ3) is 8.29. The minimum absolute atomic E-state index is 0. The smallest absolute Gasteiger partial charge is 0.224 e. The number of nitrogens with one attached hydrogen (secondary N) is 1. The molecule has 2 heterocycles. The minimum Gasteiger partial charge on any atom is -0.340 e. The van der Waals surface area contributed by atoms with Gasteiger partial charge in [-0.1, -0.05) is 42.5 Å². The van der Waals surface area contributed by atoms with Crippen molar-refractivity contribution in [3.05, 3.63) is 78.1 Å². The second-order valence-electron chi connectivity index (χ2n) is 7.49. The largest absolute Gasteiger partial charge is 0.340 e. The quantitative estimate of drug-likeness (QED) is 0.535. The zero-order chi connectivity index (χ0) is 21.3. The van der Waals surface area contributed by atoms with E-state index in [0.717, 1.165) is 16.8 Å². The van der Waals surface area contributed by atoms with Gasteiger partial charge in [0.25, 0.3) is 0 Å². The Bertz CT molecular complexity index is 898. The first-order valence-corrected chi connectivity index (χ1v) is 10.4. The topological polar surface area (TPSA) is 72.3 Å². The van der Waals surface area contributed by atoms with E-state index in [2.05, 4.69) is 27.8 Å². The molecule has 1 N–H and O–H groups in total. The summed E-state index contributed by atoms with van der Waals surface area (Å²) in [7, 11) is 0. The van der Waals surface area contributed by atoms with Crippen LogP contribution in [0.15, 0.2) is 61.3 Å². The Morgan fingerprint density at radius 1 is 1.15 bits per heavy atom. The number of hydrogen-bond acceptors (Lipinski definition) is 5. The number of hydrogen-bond donors (Lipinski definition) is 1. The fourth-order valence-corrected chi connectivity index (χ4v) is 3.89. The van der Waals surface area contributed by atoms with Gasteiger partial charge in [0.2, 0.25) is 5.91 Å². The molecule has 9 heteroatoms. The molecule has 0 spiro atoms. The molecule has 1 aliphatic heterocycles. The van der Waals surface area contributed by atoms with Gasteiger partial charge in [0.15, 0.2) is 0 Å². The number of aryl methyl sites for hydroxylation is 1. The second-order valence-corrected chi connectivity index (χ2v) is 7.49. The average molecular weight is 513 g/mol. The summed E-state index contributed by atoms with van der Waals surface area (Å²) in [6, 6.07) is 15.9. The Kier molecular flexibility index (Phi) is 14.6. The molecule has 0 saturated carbocycles. The molecule has 1 aromatic carbocycles. The van der Waals surface area contributed by atoms with Crippen LogP contribution < -0.4 is 5.32 Å². The molecule has 180 valence electrons. The fraction of sp³-hybridized carbons (Fsp3) is 0.375. The summed E-state index contributed by atoms with van der Waals surface area (Å²) in [6.45, 7) is 8.94. The Labute approximate surface area is 215 Å². The van der Waals surface area contributed by atoms with Gasteiger partial charge in [0, 0.05) is 62.6 Å². The van der Waals surface area contributed by atoms with Gasteiger partial charge >= 0.3 is 0 Å². The van der Waals surface area contributed by atoms with Crippen LogP contribution in [0.5, 0.6) is 0 Å². The van der Waals surface area contributed by atoms with E-state index in [-0.39, 0.29) is 55.2 Å². The van der Waals surface area contributed by atoms with Crippen LogP contribution in [0.4, 0.5) is 0 Å². The van der Waals surface area contributed by atoms with Gasteiger partial charge in [-0.3, -0.25) is 14.7 Å². The van der Waals surface area contributed by atoms with Crippen molar-refractivity contribution in [1.82, 2.24) is 20.1 Å². The lowest BCUT2D eigenvalue weighted by atomic mass is 10.0. The molecule has 1 aromatic heterocycles. The monoisotopic (exact) mass is 511 g/mol. The summed E-state index contributed by atoms with van der Waals surface area (Å²) < 4.78 is 0. The van der Waals surface area contributed by atoms with Crippen LogP contribution in [0.1, 0.15) is 35.3 Å². The SMILES string of the molecule is C=CCNC(CC(=O)N1CCN(C(C#N)c2cccnc2C)CC1)c1ccccc1.Cl.Cl.Cl. The van der Waals surface area contributed by atoms with Crippen molar-refractivity contribution in [2.24, 2.45) is 0 Å². The van der Waals surface area contributed by atoms with Crippen molar-refractivity contribution in [2.75, 3.05) is 32.7 Å². The molecule has 2 aromatic rings. The highest BCUT2D eigenvalue weighted by Crippen LogP contribution is 2.24. The Balaban J connectivity index is 0.00000341. The lowest BCUT2D eigenvalue weighted by molar-refractivity contribution is -0.133. The average Bonchev–Trinajstić information content (AvgIpc) is 2.79. The first-order chi connectivity index (χ1) is 14.6. The predicted molar refractivity (Wildman–Crippen MR) is 139 cm³/mol. The van der Waals surface area contributed by atoms with Crippen LogP contribution >= 0.6 is 37.2 Å². The number of halogens is 3. The van der Waals surface area contributed by atoms with E-state index < -0.39 is 0 Å². The molecule has 0 aliphatic carbocycles. The van der Waals surface area contributed by atoms with Crippen molar-refractivity contribution < 1.29 is 4.79 Å². The molecule has 0 bridgehead atoms. The van der Waals surface area contributed by atoms with E-state index in [9.17, 15) is 10.1 Å². The van der Waals surface area contributed by atoms with Crippen LogP contribution in [-0.4, -0.2) is 53.4 Å². The molecule has 2 unspecified atom stereocenters. The van der Waals surface area contributed by atoms with Gasteiger partial charge in [-0.15, -0.1) is 43.8 Å². The van der Waals surface area contributed by atoms with Crippen molar-refractivity contribution >= 4 is 43.1 Å². The number of amides is 1. The van der Waals surface area contributed by atoms with Gasteiger partial charge in [0.1, 0.15) is 6.04 Å². The molecule has 1 fully saturated rings. The summed E-state index contributed by atoms with van der Waals surface area (Å²) >= 11 is 0. The van der Waals surface area contributed by atoms with E-state index in [0.29, 0.717) is 39.1 Å². The second kappa shape index (κ2) is 15.7. The predicted octanol–water partition coefficient (Wildman–Crippen LogP) is 4.27. The van der Waals surface area contributed by atoms with Crippen molar-refractivity contribution in [1.29, 1.82) is 5.26 Å². The summed E-state index contributed by atoms with van der Waals surface area (Å²) in [5.41, 5.74) is 2.92. The van der Waals surface area contributed by atoms with Crippen LogP contribution in [0.25, 0.3) is 0 Å². The maximum Gasteiger partial charge on any atom is 0.224 e. The number of carbonyl (C=O) groups is 1. The molecular formula is C24H32Cl3N5O. The van der Waals surface area contributed by atoms with Crippen LogP contribution in [0, 0.1) is 18.3 Å². The van der Waals surface area contributed by atoms with Crippen molar-refractivity contribution in [3.8, 4) is 6.07 Å². The lowest BCUT2D eigenvalue weighted by Gasteiger charge is -2.37. The van der Waals surface area contributed by atoms with Crippen molar-refractivity contribution in [2.45, 2.75) is 25.4 Å². The van der Waals surface area contributed by atoms with Gasteiger partial charge in [-0.25, -0.2) is 0 Å². The molecule has 2 atom stereocenters. The number of pyridine rings is 1. The zero-order valence-electron chi connectivity index (χ0n) is 18.7. The van der Waals surface area contributed by atoms with E-state index in [1.807, 2.05) is 60.4 Å². The zero-order valence-corrected chi connectivity index (χ0v) is 21.2. The Hall–Kier alpha value is -2.14. The van der Waals surface area contributed by atoms with E-state index in [1.54, 1.807) is 6.20 Å². The molecule has 6 nitrogen and oxygen atoms in total. The number of nitrogens with zero attached hydrogens (tertiary/aromatic N) is 4. The Morgan fingerprint density at radius 2 is 1.82 bits per heavy atom. The normalized spacial score (nSPS) is 15.0. The first-order valence-electron chi connectivity index (χ1n) is 10.4. The third-order valence-electron chi connectivity index (χ3n) is 5.59. The highest BCUT2D eigenvalue weighted by Gasteiger charge is 2.29. The highest BCUT2D eigenvalue weighted by molar-refractivity contribution is 5.86.